The van der Waals surface area contributed by atoms with Crippen molar-refractivity contribution < 1.29 is 9.47 Å². The summed E-state index contributed by atoms with van der Waals surface area (Å²) in [6.07, 6.45) is -0.115. The molecule has 0 amide bonds. The molecule has 0 aliphatic carbocycles. The van der Waals surface area contributed by atoms with Gasteiger partial charge in [-0.2, -0.15) is 4.98 Å². The van der Waals surface area contributed by atoms with Crippen LogP contribution >= 0.6 is 12.2 Å². The molecule has 0 saturated heterocycles. The topological polar surface area (TPSA) is 70.3 Å². The first-order chi connectivity index (χ1) is 8.02. The lowest BCUT2D eigenvalue weighted by atomic mass is 10.3. The number of aromatic nitrogens is 2. The smallest absolute Gasteiger partial charge is 0.317 e. The predicted molar refractivity (Wildman–Crippen MR) is 69.2 cm³/mol. The summed E-state index contributed by atoms with van der Waals surface area (Å²) in [6, 6.07) is 2.00. The number of nitrogens with two attached hydrogens (primary N) is 1. The number of hydrogen-bond donors (Lipinski definition) is 1. The molecule has 17 heavy (non-hydrogen) atoms. The zero-order chi connectivity index (χ0) is 12.8. The Morgan fingerprint density at radius 1 is 1.53 bits per heavy atom. The highest BCUT2D eigenvalue weighted by Gasteiger charge is 2.09. The molecule has 2 N–H and O–H groups in total. The molecule has 0 aromatic carbocycles. The Balaban J connectivity index is 2.73. The third-order valence-electron chi connectivity index (χ3n) is 1.95. The summed E-state index contributed by atoms with van der Waals surface area (Å²) in [4.78, 5) is 8.52. The van der Waals surface area contributed by atoms with Gasteiger partial charge in [0.15, 0.2) is 0 Å². The summed E-state index contributed by atoms with van der Waals surface area (Å²) in [5, 5.41) is 0. The molecule has 1 aromatic rings. The molecule has 0 radical (unpaired) electrons. The summed E-state index contributed by atoms with van der Waals surface area (Å²) >= 11 is 4.87. The molecule has 1 heterocycles. The maximum Gasteiger partial charge on any atom is 0.317 e. The molecule has 0 aliphatic rings. The molecule has 6 heteroatoms. The van der Waals surface area contributed by atoms with Crippen molar-refractivity contribution in [3.63, 3.8) is 0 Å². The van der Waals surface area contributed by atoms with Crippen LogP contribution < -0.4 is 10.5 Å². The van der Waals surface area contributed by atoms with Gasteiger partial charge in [-0.25, -0.2) is 4.98 Å². The fourth-order valence-corrected chi connectivity index (χ4v) is 1.32. The number of rotatable bonds is 6. The second-order valence-corrected chi connectivity index (χ2v) is 4.07. The van der Waals surface area contributed by atoms with Gasteiger partial charge in [0.25, 0.3) is 0 Å². The maximum absolute atomic E-state index is 5.53. The lowest BCUT2D eigenvalue weighted by molar-refractivity contribution is 0.0606. The third-order valence-corrected chi connectivity index (χ3v) is 2.16. The summed E-state index contributed by atoms with van der Waals surface area (Å²) in [7, 11) is 0. The first-order valence-electron chi connectivity index (χ1n) is 5.42. The van der Waals surface area contributed by atoms with Gasteiger partial charge in [0.05, 0.1) is 6.61 Å². The Bertz CT molecular complexity index is 398. The van der Waals surface area contributed by atoms with Gasteiger partial charge < -0.3 is 15.2 Å². The zero-order valence-electron chi connectivity index (χ0n) is 10.3. The summed E-state index contributed by atoms with van der Waals surface area (Å²) in [5.41, 5.74) is 6.81. The lowest BCUT2D eigenvalue weighted by Gasteiger charge is -2.13. The van der Waals surface area contributed by atoms with Gasteiger partial charge in [-0.1, -0.05) is 12.2 Å². The number of thiocarbonyl (C=S) groups is 1. The molecule has 1 aromatic heterocycles. The summed E-state index contributed by atoms with van der Waals surface area (Å²) in [5.74, 6) is 0. The van der Waals surface area contributed by atoms with Crippen molar-refractivity contribution in [2.45, 2.75) is 26.9 Å². The van der Waals surface area contributed by atoms with E-state index >= 15 is 0 Å². The van der Waals surface area contributed by atoms with Gasteiger partial charge in [0.1, 0.15) is 16.8 Å². The SMILES string of the molecule is CCOCC(C)Oc1nc(C)cc(C(N)=S)n1. The van der Waals surface area contributed by atoms with Crippen LogP contribution in [0.5, 0.6) is 6.01 Å². The lowest BCUT2D eigenvalue weighted by Crippen LogP contribution is -2.21. The average molecular weight is 255 g/mol. The van der Waals surface area contributed by atoms with Crippen molar-refractivity contribution in [3.8, 4) is 6.01 Å². The van der Waals surface area contributed by atoms with Crippen LogP contribution in [0, 0.1) is 6.92 Å². The molecule has 0 fully saturated rings. The molecule has 1 atom stereocenters. The Morgan fingerprint density at radius 2 is 2.24 bits per heavy atom. The Morgan fingerprint density at radius 3 is 2.82 bits per heavy atom. The summed E-state index contributed by atoms with van der Waals surface area (Å²) in [6.45, 7) is 6.81. The van der Waals surface area contributed by atoms with Crippen LogP contribution in [0.3, 0.4) is 0 Å². The van der Waals surface area contributed by atoms with Gasteiger partial charge in [-0.15, -0.1) is 0 Å². The van der Waals surface area contributed by atoms with Gasteiger partial charge in [0.2, 0.25) is 0 Å². The van der Waals surface area contributed by atoms with Gasteiger partial charge in [-0.3, -0.25) is 0 Å². The van der Waals surface area contributed by atoms with E-state index in [1.165, 1.54) is 0 Å². The van der Waals surface area contributed by atoms with Crippen LogP contribution in [0.15, 0.2) is 6.07 Å². The third kappa shape index (κ3) is 4.62. The van der Waals surface area contributed by atoms with E-state index in [-0.39, 0.29) is 17.1 Å². The maximum atomic E-state index is 5.53. The number of hydrogen-bond acceptors (Lipinski definition) is 5. The van der Waals surface area contributed by atoms with Crippen LogP contribution in [-0.2, 0) is 4.74 Å². The van der Waals surface area contributed by atoms with Crippen molar-refractivity contribution in [3.05, 3.63) is 17.5 Å². The van der Waals surface area contributed by atoms with Gasteiger partial charge >= 0.3 is 6.01 Å². The van der Waals surface area contributed by atoms with Crippen molar-refractivity contribution in [2.24, 2.45) is 5.73 Å². The predicted octanol–water partition coefficient (Wildman–Crippen LogP) is 1.22. The molecule has 0 saturated carbocycles. The summed E-state index contributed by atoms with van der Waals surface area (Å²) < 4.78 is 10.8. The average Bonchev–Trinajstić information content (AvgIpc) is 2.25. The number of nitrogens with zero attached hydrogens (tertiary/aromatic N) is 2. The molecule has 1 rings (SSSR count). The van der Waals surface area contributed by atoms with E-state index in [1.807, 2.05) is 20.8 Å². The minimum atomic E-state index is -0.115. The Hall–Kier alpha value is -1.27. The molecule has 94 valence electrons. The fourth-order valence-electron chi connectivity index (χ4n) is 1.22. The fraction of sp³-hybridized carbons (Fsp3) is 0.545. The van der Waals surface area contributed by atoms with E-state index in [2.05, 4.69) is 9.97 Å². The van der Waals surface area contributed by atoms with E-state index in [1.54, 1.807) is 6.07 Å². The van der Waals surface area contributed by atoms with E-state index in [9.17, 15) is 0 Å². The van der Waals surface area contributed by atoms with Crippen molar-refractivity contribution >= 4 is 17.2 Å². The van der Waals surface area contributed by atoms with Crippen molar-refractivity contribution in [2.75, 3.05) is 13.2 Å². The van der Waals surface area contributed by atoms with Crippen molar-refractivity contribution in [1.82, 2.24) is 9.97 Å². The molecular formula is C11H17N3O2S. The van der Waals surface area contributed by atoms with Gasteiger partial charge in [-0.05, 0) is 26.8 Å². The highest BCUT2D eigenvalue weighted by molar-refractivity contribution is 7.80. The highest BCUT2D eigenvalue weighted by Crippen LogP contribution is 2.09. The van der Waals surface area contributed by atoms with Gasteiger partial charge in [0, 0.05) is 12.3 Å². The van der Waals surface area contributed by atoms with Crippen LogP contribution in [0.1, 0.15) is 25.2 Å². The van der Waals surface area contributed by atoms with E-state index in [4.69, 9.17) is 27.4 Å². The quantitative estimate of drug-likeness (QED) is 0.771. The molecule has 0 bridgehead atoms. The second kappa shape index (κ2) is 6.46. The Kier molecular flexibility index (Phi) is 5.24. The molecule has 0 aliphatic heterocycles. The number of aryl methyl sites for hydroxylation is 1. The Labute approximate surface area is 106 Å². The first-order valence-corrected chi connectivity index (χ1v) is 5.83. The molecular weight excluding hydrogens is 238 g/mol. The second-order valence-electron chi connectivity index (χ2n) is 3.63. The highest BCUT2D eigenvalue weighted by atomic mass is 32.1. The number of ether oxygens (including phenoxy) is 2. The zero-order valence-corrected chi connectivity index (χ0v) is 11.1. The first kappa shape index (κ1) is 13.8. The van der Waals surface area contributed by atoms with Crippen molar-refractivity contribution in [1.29, 1.82) is 0 Å². The minimum absolute atomic E-state index is 0.115. The minimum Gasteiger partial charge on any atom is -0.458 e. The van der Waals surface area contributed by atoms with Crippen LogP contribution in [0.4, 0.5) is 0 Å². The van der Waals surface area contributed by atoms with E-state index in [0.717, 1.165) is 5.69 Å². The molecule has 5 nitrogen and oxygen atoms in total. The largest absolute Gasteiger partial charge is 0.458 e. The van der Waals surface area contributed by atoms with Crippen LogP contribution in [-0.4, -0.2) is 34.3 Å². The standard InChI is InChI=1S/C11H17N3O2S/c1-4-15-6-8(3)16-11-13-7(2)5-9(14-11)10(12)17/h5,8H,4,6H2,1-3H3,(H2,12,17). The van der Waals surface area contributed by atoms with Crippen LogP contribution in [0.2, 0.25) is 0 Å². The monoisotopic (exact) mass is 255 g/mol. The van der Waals surface area contributed by atoms with E-state index < -0.39 is 0 Å². The molecule has 0 spiro atoms. The van der Waals surface area contributed by atoms with Crippen LogP contribution in [0.25, 0.3) is 0 Å². The molecule has 1 unspecified atom stereocenters. The van der Waals surface area contributed by atoms with E-state index in [0.29, 0.717) is 18.9 Å². The normalized spacial score (nSPS) is 12.2.